The molecule has 0 saturated carbocycles. The third kappa shape index (κ3) is 3.27. The average molecular weight is 257 g/mol. The van der Waals surface area contributed by atoms with E-state index in [1.165, 1.54) is 17.5 Å². The van der Waals surface area contributed by atoms with Crippen molar-refractivity contribution in [3.05, 3.63) is 54.6 Å². The maximum atomic E-state index is 5.33. The fourth-order valence-corrected chi connectivity index (χ4v) is 2.86. The van der Waals surface area contributed by atoms with Crippen molar-refractivity contribution in [2.45, 2.75) is 25.3 Å². The minimum atomic E-state index is 0.579. The molecule has 0 heterocycles. The number of hydrogen-bond acceptors (Lipinski definition) is 2. The number of aryl methyl sites for hydroxylation is 1. The molecule has 102 valence electrons. The third-order valence-electron chi connectivity index (χ3n) is 3.86. The second kappa shape index (κ2) is 6.58. The van der Waals surface area contributed by atoms with Crippen LogP contribution in [0.25, 0.3) is 0 Å². The Hall–Kier alpha value is -1.54. The standard InChI is InChI=1S/C17H23NO/c1-4-10-18(11-5-2)16-8-6-14-7-9-17(19-3)13-15(14)12-16/h4-5,7,9,13,16H,1-2,6,8,10-12H2,3H3. The SMILES string of the molecule is C=CCN(CC=C)C1CCc2ccc(OC)cc2C1. The molecule has 2 nitrogen and oxygen atoms in total. The van der Waals surface area contributed by atoms with Gasteiger partial charge in [-0.25, -0.2) is 0 Å². The zero-order chi connectivity index (χ0) is 13.7. The number of fused-ring (bicyclic) bond motifs is 1. The molecule has 0 radical (unpaired) electrons. The van der Waals surface area contributed by atoms with Gasteiger partial charge in [-0.3, -0.25) is 4.90 Å². The van der Waals surface area contributed by atoms with Crippen LogP contribution in [0.3, 0.4) is 0 Å². The van der Waals surface area contributed by atoms with Crippen LogP contribution in [-0.4, -0.2) is 31.1 Å². The van der Waals surface area contributed by atoms with E-state index in [0.717, 1.165) is 31.7 Å². The van der Waals surface area contributed by atoms with E-state index in [2.05, 4.69) is 36.3 Å². The summed E-state index contributed by atoms with van der Waals surface area (Å²) in [5.74, 6) is 0.957. The fraction of sp³-hybridized carbons (Fsp3) is 0.412. The molecule has 0 aromatic heterocycles. The lowest BCUT2D eigenvalue weighted by Crippen LogP contribution is -2.39. The van der Waals surface area contributed by atoms with Crippen molar-refractivity contribution in [1.82, 2.24) is 4.90 Å². The molecule has 2 rings (SSSR count). The summed E-state index contributed by atoms with van der Waals surface area (Å²) >= 11 is 0. The van der Waals surface area contributed by atoms with E-state index in [-0.39, 0.29) is 0 Å². The summed E-state index contributed by atoms with van der Waals surface area (Å²) in [6.07, 6.45) is 7.40. The molecule has 0 bridgehead atoms. The highest BCUT2D eigenvalue weighted by atomic mass is 16.5. The van der Waals surface area contributed by atoms with Gasteiger partial charge >= 0.3 is 0 Å². The van der Waals surface area contributed by atoms with E-state index >= 15 is 0 Å². The largest absolute Gasteiger partial charge is 0.497 e. The van der Waals surface area contributed by atoms with Gasteiger partial charge in [0.25, 0.3) is 0 Å². The van der Waals surface area contributed by atoms with Gasteiger partial charge < -0.3 is 4.74 Å². The molecule has 1 atom stereocenters. The summed E-state index contributed by atoms with van der Waals surface area (Å²) in [5, 5.41) is 0. The Morgan fingerprint density at radius 3 is 2.63 bits per heavy atom. The lowest BCUT2D eigenvalue weighted by atomic mass is 9.87. The van der Waals surface area contributed by atoms with Crippen LogP contribution < -0.4 is 4.74 Å². The monoisotopic (exact) mass is 257 g/mol. The second-order valence-electron chi connectivity index (χ2n) is 5.06. The topological polar surface area (TPSA) is 12.5 Å². The predicted molar refractivity (Wildman–Crippen MR) is 80.8 cm³/mol. The van der Waals surface area contributed by atoms with Gasteiger partial charge in [0, 0.05) is 19.1 Å². The molecule has 0 saturated heterocycles. The fourth-order valence-electron chi connectivity index (χ4n) is 2.86. The molecule has 0 N–H and O–H groups in total. The van der Waals surface area contributed by atoms with Crippen molar-refractivity contribution < 1.29 is 4.74 Å². The maximum Gasteiger partial charge on any atom is 0.119 e. The van der Waals surface area contributed by atoms with Gasteiger partial charge in [0.05, 0.1) is 7.11 Å². The molecule has 0 amide bonds. The Morgan fingerprint density at radius 1 is 1.26 bits per heavy atom. The summed E-state index contributed by atoms with van der Waals surface area (Å²) < 4.78 is 5.33. The van der Waals surface area contributed by atoms with Crippen molar-refractivity contribution in [1.29, 1.82) is 0 Å². The maximum absolute atomic E-state index is 5.33. The summed E-state index contributed by atoms with van der Waals surface area (Å²) in [6.45, 7) is 9.56. The Bertz CT molecular complexity index is 443. The molecule has 0 aliphatic heterocycles. The summed E-state index contributed by atoms with van der Waals surface area (Å²) in [4.78, 5) is 2.45. The summed E-state index contributed by atoms with van der Waals surface area (Å²) in [7, 11) is 1.73. The van der Waals surface area contributed by atoms with Crippen LogP contribution in [-0.2, 0) is 12.8 Å². The third-order valence-corrected chi connectivity index (χ3v) is 3.86. The van der Waals surface area contributed by atoms with Crippen LogP contribution in [0.5, 0.6) is 5.75 Å². The first-order valence-electron chi connectivity index (χ1n) is 6.90. The quantitative estimate of drug-likeness (QED) is 0.725. The average Bonchev–Trinajstić information content (AvgIpc) is 2.46. The minimum absolute atomic E-state index is 0.579. The van der Waals surface area contributed by atoms with Crippen molar-refractivity contribution in [3.8, 4) is 5.75 Å². The van der Waals surface area contributed by atoms with Crippen LogP contribution >= 0.6 is 0 Å². The van der Waals surface area contributed by atoms with Crippen molar-refractivity contribution in [3.63, 3.8) is 0 Å². The molecule has 19 heavy (non-hydrogen) atoms. The van der Waals surface area contributed by atoms with E-state index in [1.54, 1.807) is 7.11 Å². The van der Waals surface area contributed by atoms with Crippen molar-refractivity contribution in [2.24, 2.45) is 0 Å². The number of rotatable bonds is 6. The molecular formula is C17H23NO. The van der Waals surface area contributed by atoms with Crippen molar-refractivity contribution >= 4 is 0 Å². The van der Waals surface area contributed by atoms with Crippen LogP contribution in [0.15, 0.2) is 43.5 Å². The van der Waals surface area contributed by atoms with Gasteiger partial charge in [0.2, 0.25) is 0 Å². The molecule has 1 aromatic carbocycles. The summed E-state index contributed by atoms with van der Waals surface area (Å²) in [6, 6.07) is 7.03. The summed E-state index contributed by atoms with van der Waals surface area (Å²) in [5.41, 5.74) is 2.89. The Balaban J connectivity index is 2.14. The van der Waals surface area contributed by atoms with Gasteiger partial charge in [0.15, 0.2) is 0 Å². The zero-order valence-corrected chi connectivity index (χ0v) is 11.8. The lowest BCUT2D eigenvalue weighted by molar-refractivity contribution is 0.219. The normalized spacial score (nSPS) is 17.9. The lowest BCUT2D eigenvalue weighted by Gasteiger charge is -2.34. The van der Waals surface area contributed by atoms with Gasteiger partial charge in [-0.2, -0.15) is 0 Å². The van der Waals surface area contributed by atoms with E-state index in [1.807, 2.05) is 12.2 Å². The van der Waals surface area contributed by atoms with Crippen LogP contribution in [0.1, 0.15) is 17.5 Å². The number of nitrogens with zero attached hydrogens (tertiary/aromatic N) is 1. The Morgan fingerprint density at radius 2 is 2.00 bits per heavy atom. The van der Waals surface area contributed by atoms with Crippen LogP contribution in [0.2, 0.25) is 0 Å². The van der Waals surface area contributed by atoms with E-state index in [9.17, 15) is 0 Å². The van der Waals surface area contributed by atoms with Gasteiger partial charge in [-0.05, 0) is 42.5 Å². The first-order chi connectivity index (χ1) is 9.28. The first-order valence-corrected chi connectivity index (χ1v) is 6.90. The number of benzene rings is 1. The Labute approximate surface area is 116 Å². The molecular weight excluding hydrogens is 234 g/mol. The van der Waals surface area contributed by atoms with E-state index in [0.29, 0.717) is 6.04 Å². The predicted octanol–water partition coefficient (Wildman–Crippen LogP) is 3.23. The smallest absolute Gasteiger partial charge is 0.119 e. The van der Waals surface area contributed by atoms with Crippen molar-refractivity contribution in [2.75, 3.05) is 20.2 Å². The van der Waals surface area contributed by atoms with Gasteiger partial charge in [-0.1, -0.05) is 18.2 Å². The highest BCUT2D eigenvalue weighted by Gasteiger charge is 2.23. The zero-order valence-electron chi connectivity index (χ0n) is 11.8. The molecule has 1 aliphatic carbocycles. The highest BCUT2D eigenvalue weighted by Crippen LogP contribution is 2.27. The molecule has 1 aliphatic rings. The minimum Gasteiger partial charge on any atom is -0.497 e. The highest BCUT2D eigenvalue weighted by molar-refractivity contribution is 5.38. The molecule has 0 fully saturated rings. The molecule has 2 heteroatoms. The van der Waals surface area contributed by atoms with E-state index in [4.69, 9.17) is 4.74 Å². The van der Waals surface area contributed by atoms with Crippen LogP contribution in [0, 0.1) is 0 Å². The molecule has 1 aromatic rings. The first kappa shape index (κ1) is 13.9. The number of hydrogen-bond donors (Lipinski definition) is 0. The molecule has 0 spiro atoms. The molecule has 1 unspecified atom stereocenters. The number of ether oxygens (including phenoxy) is 1. The van der Waals surface area contributed by atoms with Crippen LogP contribution in [0.4, 0.5) is 0 Å². The van der Waals surface area contributed by atoms with Gasteiger partial charge in [0.1, 0.15) is 5.75 Å². The second-order valence-corrected chi connectivity index (χ2v) is 5.06. The number of methoxy groups -OCH3 is 1. The van der Waals surface area contributed by atoms with Gasteiger partial charge in [-0.15, -0.1) is 13.2 Å². The Kier molecular flexibility index (Phi) is 4.80. The van der Waals surface area contributed by atoms with E-state index < -0.39 is 0 Å².